The Labute approximate surface area is 165 Å². The minimum absolute atomic E-state index is 0.0656. The summed E-state index contributed by atoms with van der Waals surface area (Å²) in [5, 5.41) is 4.42. The summed E-state index contributed by atoms with van der Waals surface area (Å²) in [6, 6.07) is 4.31. The number of carbonyl (C=O) groups is 1. The number of hydrogen-bond acceptors (Lipinski definition) is 4. The van der Waals surface area contributed by atoms with Crippen molar-refractivity contribution in [2.45, 2.75) is 51.9 Å². The summed E-state index contributed by atoms with van der Waals surface area (Å²) in [5.41, 5.74) is 1.52. The van der Waals surface area contributed by atoms with Gasteiger partial charge in [0.2, 0.25) is 5.91 Å². The molecule has 1 amide bonds. The molecule has 1 fully saturated rings. The lowest BCUT2D eigenvalue weighted by atomic mass is 9.95. The van der Waals surface area contributed by atoms with E-state index in [2.05, 4.69) is 40.3 Å². The number of nitrogens with zero attached hydrogens (tertiary/aromatic N) is 2. The second-order valence-corrected chi connectivity index (χ2v) is 9.13. The van der Waals surface area contributed by atoms with Gasteiger partial charge in [-0.05, 0) is 64.0 Å². The van der Waals surface area contributed by atoms with Crippen LogP contribution >= 0.6 is 11.3 Å². The second kappa shape index (κ2) is 8.42. The van der Waals surface area contributed by atoms with Crippen molar-refractivity contribution in [1.29, 1.82) is 0 Å². The van der Waals surface area contributed by atoms with E-state index in [1.807, 2.05) is 17.5 Å². The molecule has 2 aromatic rings. The summed E-state index contributed by atoms with van der Waals surface area (Å²) >= 11 is 1.81. The van der Waals surface area contributed by atoms with E-state index in [0.717, 1.165) is 44.7 Å². The monoisotopic (exact) mass is 383 g/mol. The first-order chi connectivity index (χ1) is 13.2. The first kappa shape index (κ1) is 18.5. The number of anilines is 1. The van der Waals surface area contributed by atoms with Gasteiger partial charge in [-0.2, -0.15) is 0 Å². The number of aryl methyl sites for hydroxylation is 1. The average molecular weight is 384 g/mol. The fourth-order valence-corrected chi connectivity index (χ4v) is 5.25. The molecule has 0 saturated carbocycles. The highest BCUT2D eigenvalue weighted by molar-refractivity contribution is 7.19. The van der Waals surface area contributed by atoms with Crippen LogP contribution in [0.15, 0.2) is 30.0 Å². The Hall–Kier alpha value is -1.88. The number of fused-ring (bicyclic) bond motifs is 1. The first-order valence-electron chi connectivity index (χ1n) is 10.3. The molecule has 4 nitrogen and oxygen atoms in total. The molecule has 1 saturated heterocycles. The molecule has 1 N–H and O–H groups in total. The first-order valence-corrected chi connectivity index (χ1v) is 11.1. The summed E-state index contributed by atoms with van der Waals surface area (Å²) in [7, 11) is 0. The van der Waals surface area contributed by atoms with E-state index in [1.165, 1.54) is 46.2 Å². The van der Waals surface area contributed by atoms with Crippen LogP contribution < -0.4 is 10.2 Å². The average Bonchev–Trinajstić information content (AvgIpc) is 3.09. The van der Waals surface area contributed by atoms with Gasteiger partial charge in [-0.15, -0.1) is 11.3 Å². The molecule has 0 radical (unpaired) electrons. The molecule has 1 aliphatic carbocycles. The quantitative estimate of drug-likeness (QED) is 0.752. The third-order valence-electron chi connectivity index (χ3n) is 5.77. The topological polar surface area (TPSA) is 45.2 Å². The fraction of sp³-hybridized carbons (Fsp3) is 0.545. The molecule has 0 aromatic carbocycles. The maximum absolute atomic E-state index is 12.7. The van der Waals surface area contributed by atoms with E-state index >= 15 is 0 Å². The zero-order chi connectivity index (χ0) is 18.6. The van der Waals surface area contributed by atoms with Gasteiger partial charge in [-0.1, -0.05) is 11.6 Å². The Kier molecular flexibility index (Phi) is 5.77. The normalized spacial score (nSPS) is 20.6. The van der Waals surface area contributed by atoms with E-state index < -0.39 is 0 Å². The number of rotatable bonds is 5. The van der Waals surface area contributed by atoms with Gasteiger partial charge in [0.25, 0.3) is 0 Å². The molecular formula is C22H29N3OS. The van der Waals surface area contributed by atoms with E-state index in [4.69, 9.17) is 0 Å². The summed E-state index contributed by atoms with van der Waals surface area (Å²) in [6.45, 7) is 4.68. The largest absolute Gasteiger partial charge is 0.355 e. The highest BCUT2D eigenvalue weighted by Crippen LogP contribution is 2.33. The lowest BCUT2D eigenvalue weighted by Crippen LogP contribution is -2.43. The number of allylic oxidation sites excluding steroid dienone is 1. The van der Waals surface area contributed by atoms with Crippen LogP contribution in [0.1, 0.15) is 49.8 Å². The van der Waals surface area contributed by atoms with Gasteiger partial charge < -0.3 is 10.2 Å². The molecule has 144 valence electrons. The minimum atomic E-state index is 0.0656. The maximum atomic E-state index is 12.7. The van der Waals surface area contributed by atoms with Crippen molar-refractivity contribution in [2.75, 3.05) is 24.5 Å². The zero-order valence-electron chi connectivity index (χ0n) is 16.2. The van der Waals surface area contributed by atoms with Gasteiger partial charge in [0.15, 0.2) is 0 Å². The molecule has 3 heterocycles. The number of nitrogens with one attached hydrogen (secondary N) is 1. The highest BCUT2D eigenvalue weighted by atomic mass is 32.1. The molecule has 27 heavy (non-hydrogen) atoms. The number of hydrogen-bond donors (Lipinski definition) is 1. The molecule has 2 aliphatic rings. The van der Waals surface area contributed by atoms with Crippen molar-refractivity contribution < 1.29 is 4.79 Å². The Morgan fingerprint density at radius 2 is 2.30 bits per heavy atom. The second-order valence-electron chi connectivity index (χ2n) is 7.84. The van der Waals surface area contributed by atoms with Crippen molar-refractivity contribution >= 4 is 33.1 Å². The van der Waals surface area contributed by atoms with Crippen LogP contribution in [0.25, 0.3) is 10.1 Å². The van der Waals surface area contributed by atoms with Crippen LogP contribution in [-0.2, 0) is 4.79 Å². The van der Waals surface area contributed by atoms with Crippen LogP contribution in [0, 0.1) is 12.8 Å². The van der Waals surface area contributed by atoms with Crippen LogP contribution in [0.4, 0.5) is 5.82 Å². The molecule has 0 spiro atoms. The Bertz CT molecular complexity index is 841. The van der Waals surface area contributed by atoms with E-state index in [1.54, 1.807) is 0 Å². The summed E-state index contributed by atoms with van der Waals surface area (Å²) in [5.74, 6) is 1.32. The Balaban J connectivity index is 1.37. The SMILES string of the molecule is Cc1cc2c(N3CCCC(C(=O)NCCC4=CCCCC4)C3)nccc2s1. The van der Waals surface area contributed by atoms with Crippen molar-refractivity contribution in [3.8, 4) is 0 Å². The molecule has 1 unspecified atom stereocenters. The van der Waals surface area contributed by atoms with Gasteiger partial charge in [-0.3, -0.25) is 4.79 Å². The van der Waals surface area contributed by atoms with Crippen LogP contribution in [0.2, 0.25) is 0 Å². The molecular weight excluding hydrogens is 354 g/mol. The summed E-state index contributed by atoms with van der Waals surface area (Å²) in [6.07, 6.45) is 12.3. The maximum Gasteiger partial charge on any atom is 0.224 e. The van der Waals surface area contributed by atoms with E-state index in [0.29, 0.717) is 0 Å². The molecule has 1 atom stereocenters. The molecule has 2 aromatic heterocycles. The lowest BCUT2D eigenvalue weighted by molar-refractivity contribution is -0.125. The van der Waals surface area contributed by atoms with Crippen molar-refractivity contribution in [3.63, 3.8) is 0 Å². The Morgan fingerprint density at radius 3 is 3.15 bits per heavy atom. The van der Waals surface area contributed by atoms with Gasteiger partial charge in [0.1, 0.15) is 5.82 Å². The molecule has 1 aliphatic heterocycles. The van der Waals surface area contributed by atoms with Crippen molar-refractivity contribution in [1.82, 2.24) is 10.3 Å². The van der Waals surface area contributed by atoms with Gasteiger partial charge in [0, 0.05) is 40.8 Å². The number of thiophene rings is 1. The Morgan fingerprint density at radius 1 is 1.37 bits per heavy atom. The fourth-order valence-electron chi connectivity index (χ4n) is 4.33. The number of aromatic nitrogens is 1. The van der Waals surface area contributed by atoms with Gasteiger partial charge in [0.05, 0.1) is 5.92 Å². The predicted octanol–water partition coefficient (Wildman–Crippen LogP) is 4.83. The predicted molar refractivity (Wildman–Crippen MR) is 113 cm³/mol. The van der Waals surface area contributed by atoms with Crippen molar-refractivity contribution in [3.05, 3.63) is 34.9 Å². The molecule has 0 bridgehead atoms. The number of piperidine rings is 1. The van der Waals surface area contributed by atoms with Gasteiger partial charge in [-0.25, -0.2) is 4.98 Å². The lowest BCUT2D eigenvalue weighted by Gasteiger charge is -2.33. The third kappa shape index (κ3) is 4.34. The van der Waals surface area contributed by atoms with Crippen LogP contribution in [-0.4, -0.2) is 30.5 Å². The molecule has 4 rings (SSSR count). The third-order valence-corrected chi connectivity index (χ3v) is 6.79. The van der Waals surface area contributed by atoms with E-state index in [-0.39, 0.29) is 11.8 Å². The van der Waals surface area contributed by atoms with Gasteiger partial charge >= 0.3 is 0 Å². The highest BCUT2D eigenvalue weighted by Gasteiger charge is 2.27. The number of amides is 1. The zero-order valence-corrected chi connectivity index (χ0v) is 17.0. The number of carbonyl (C=O) groups excluding carboxylic acids is 1. The van der Waals surface area contributed by atoms with E-state index in [9.17, 15) is 4.79 Å². The van der Waals surface area contributed by atoms with Crippen LogP contribution in [0.5, 0.6) is 0 Å². The smallest absolute Gasteiger partial charge is 0.224 e. The summed E-state index contributed by atoms with van der Waals surface area (Å²) in [4.78, 5) is 21.0. The summed E-state index contributed by atoms with van der Waals surface area (Å²) < 4.78 is 1.28. The minimum Gasteiger partial charge on any atom is -0.355 e. The number of pyridine rings is 1. The van der Waals surface area contributed by atoms with Crippen molar-refractivity contribution in [2.24, 2.45) is 5.92 Å². The standard InChI is InChI=1S/C22H29N3OS/c1-16-14-19-20(27-16)10-12-23-21(19)25-13-5-8-18(15-25)22(26)24-11-9-17-6-3-2-4-7-17/h6,10,12,14,18H,2-5,7-9,11,13,15H2,1H3,(H,24,26). The molecule has 5 heteroatoms. The van der Waals surface area contributed by atoms with Crippen LogP contribution in [0.3, 0.4) is 0 Å².